The van der Waals surface area contributed by atoms with Gasteiger partial charge in [-0.3, -0.25) is 4.79 Å². The van der Waals surface area contributed by atoms with E-state index >= 15 is 0 Å². The second kappa shape index (κ2) is 4.82. The molecule has 0 aromatic heterocycles. The van der Waals surface area contributed by atoms with E-state index in [9.17, 15) is 4.79 Å². The molecule has 1 aliphatic rings. The number of carbonyl (C=O) groups is 1. The molecule has 0 N–H and O–H groups in total. The Labute approximate surface area is 98.9 Å². The van der Waals surface area contributed by atoms with E-state index in [1.165, 1.54) is 11.1 Å². The quantitative estimate of drug-likeness (QED) is 0.639. The van der Waals surface area contributed by atoms with E-state index in [2.05, 4.69) is 32.9 Å². The monoisotopic (exact) mass is 218 g/mol. The standard InChI is InChI=1S/C13H16O.C2H6/c1-13(2,3)10-5-6-11-9(8-10)4-7-12(11)14;1-2/h5-6,8H,4,7H2,1-3H3;1-2H3. The zero-order chi connectivity index (χ0) is 12.3. The van der Waals surface area contributed by atoms with E-state index in [1.807, 2.05) is 19.9 Å². The van der Waals surface area contributed by atoms with E-state index in [0.29, 0.717) is 12.2 Å². The molecular weight excluding hydrogens is 196 g/mol. The van der Waals surface area contributed by atoms with Gasteiger partial charge in [0.1, 0.15) is 0 Å². The summed E-state index contributed by atoms with van der Waals surface area (Å²) < 4.78 is 0. The minimum atomic E-state index is 0.181. The molecule has 0 amide bonds. The molecule has 0 heterocycles. The predicted octanol–water partition coefficient (Wildman–Crippen LogP) is 4.14. The van der Waals surface area contributed by atoms with Crippen molar-refractivity contribution in [1.29, 1.82) is 0 Å². The van der Waals surface area contributed by atoms with Crippen LogP contribution in [-0.2, 0) is 11.8 Å². The molecule has 0 aliphatic heterocycles. The van der Waals surface area contributed by atoms with Crippen molar-refractivity contribution in [3.8, 4) is 0 Å². The van der Waals surface area contributed by atoms with Gasteiger partial charge in [0.2, 0.25) is 0 Å². The first-order chi connectivity index (χ1) is 7.48. The number of aryl methyl sites for hydroxylation is 1. The lowest BCUT2D eigenvalue weighted by atomic mass is 9.85. The van der Waals surface area contributed by atoms with Crippen molar-refractivity contribution in [1.82, 2.24) is 0 Å². The maximum absolute atomic E-state index is 11.4. The Bertz CT molecular complexity index is 383. The molecule has 88 valence electrons. The van der Waals surface area contributed by atoms with E-state index in [1.54, 1.807) is 0 Å². The molecule has 1 aromatic rings. The first kappa shape index (κ1) is 13.0. The van der Waals surface area contributed by atoms with Crippen molar-refractivity contribution < 1.29 is 4.79 Å². The van der Waals surface area contributed by atoms with Gasteiger partial charge in [0.05, 0.1) is 0 Å². The maximum Gasteiger partial charge on any atom is 0.163 e. The van der Waals surface area contributed by atoms with Crippen molar-refractivity contribution in [2.24, 2.45) is 0 Å². The Hall–Kier alpha value is -1.11. The lowest BCUT2D eigenvalue weighted by Crippen LogP contribution is -2.11. The smallest absolute Gasteiger partial charge is 0.163 e. The van der Waals surface area contributed by atoms with Crippen LogP contribution in [0, 0.1) is 0 Å². The van der Waals surface area contributed by atoms with Crippen molar-refractivity contribution in [3.05, 3.63) is 34.9 Å². The third-order valence-corrected chi connectivity index (χ3v) is 2.89. The summed E-state index contributed by atoms with van der Waals surface area (Å²) in [6.07, 6.45) is 1.63. The number of carbonyl (C=O) groups excluding carboxylic acids is 1. The molecule has 1 nitrogen and oxygen atoms in total. The Balaban J connectivity index is 0.000000606. The maximum atomic E-state index is 11.4. The summed E-state index contributed by atoms with van der Waals surface area (Å²) in [5.41, 5.74) is 3.69. The number of benzene rings is 1. The van der Waals surface area contributed by atoms with Gasteiger partial charge >= 0.3 is 0 Å². The summed E-state index contributed by atoms with van der Waals surface area (Å²) in [4.78, 5) is 11.4. The summed E-state index contributed by atoms with van der Waals surface area (Å²) in [5.74, 6) is 0.306. The molecule has 1 aromatic carbocycles. The Morgan fingerprint density at radius 1 is 1.06 bits per heavy atom. The summed E-state index contributed by atoms with van der Waals surface area (Å²) in [7, 11) is 0. The molecule has 0 bridgehead atoms. The van der Waals surface area contributed by atoms with Gasteiger partial charge in [-0.1, -0.05) is 52.8 Å². The molecular formula is C15H22O. The molecule has 16 heavy (non-hydrogen) atoms. The zero-order valence-electron chi connectivity index (χ0n) is 11.1. The number of Topliss-reactive ketones (excluding diaryl/α,β-unsaturated/α-hetero) is 1. The molecule has 0 atom stereocenters. The second-order valence-electron chi connectivity index (χ2n) is 5.05. The van der Waals surface area contributed by atoms with Crippen LogP contribution in [0.25, 0.3) is 0 Å². The molecule has 1 aliphatic carbocycles. The third kappa shape index (κ3) is 2.52. The lowest BCUT2D eigenvalue weighted by Gasteiger charge is -2.19. The summed E-state index contributed by atoms with van der Waals surface area (Å²) in [6, 6.07) is 6.27. The van der Waals surface area contributed by atoms with Gasteiger partial charge in [0.15, 0.2) is 5.78 Å². The summed E-state index contributed by atoms with van der Waals surface area (Å²) in [5, 5.41) is 0. The zero-order valence-corrected chi connectivity index (χ0v) is 11.1. The average Bonchev–Trinajstić information content (AvgIpc) is 2.62. The summed E-state index contributed by atoms with van der Waals surface area (Å²) >= 11 is 0. The minimum Gasteiger partial charge on any atom is -0.294 e. The topological polar surface area (TPSA) is 17.1 Å². The van der Waals surface area contributed by atoms with Crippen LogP contribution in [-0.4, -0.2) is 5.78 Å². The molecule has 0 spiro atoms. The van der Waals surface area contributed by atoms with Gasteiger partial charge in [-0.15, -0.1) is 0 Å². The predicted molar refractivity (Wildman–Crippen MR) is 69.1 cm³/mol. The van der Waals surface area contributed by atoms with Crippen LogP contribution in [0.15, 0.2) is 18.2 Å². The minimum absolute atomic E-state index is 0.181. The van der Waals surface area contributed by atoms with Crippen LogP contribution < -0.4 is 0 Å². The molecule has 0 saturated heterocycles. The van der Waals surface area contributed by atoms with Crippen molar-refractivity contribution in [2.75, 3.05) is 0 Å². The van der Waals surface area contributed by atoms with Gasteiger partial charge in [-0.25, -0.2) is 0 Å². The molecule has 2 rings (SSSR count). The fraction of sp³-hybridized carbons (Fsp3) is 0.533. The largest absolute Gasteiger partial charge is 0.294 e. The third-order valence-electron chi connectivity index (χ3n) is 2.89. The number of rotatable bonds is 0. The molecule has 0 fully saturated rings. The number of ketones is 1. The highest BCUT2D eigenvalue weighted by molar-refractivity contribution is 6.00. The van der Waals surface area contributed by atoms with E-state index < -0.39 is 0 Å². The van der Waals surface area contributed by atoms with Crippen LogP contribution in [0.2, 0.25) is 0 Å². The van der Waals surface area contributed by atoms with E-state index in [4.69, 9.17) is 0 Å². The molecule has 0 saturated carbocycles. The van der Waals surface area contributed by atoms with Gasteiger partial charge < -0.3 is 0 Å². The van der Waals surface area contributed by atoms with Gasteiger partial charge in [0, 0.05) is 12.0 Å². The molecule has 0 radical (unpaired) electrons. The van der Waals surface area contributed by atoms with Crippen LogP contribution >= 0.6 is 0 Å². The highest BCUT2D eigenvalue weighted by Gasteiger charge is 2.22. The highest BCUT2D eigenvalue weighted by Crippen LogP contribution is 2.28. The van der Waals surface area contributed by atoms with Crippen molar-refractivity contribution in [2.45, 2.75) is 52.9 Å². The number of hydrogen-bond donors (Lipinski definition) is 0. The number of hydrogen-bond acceptors (Lipinski definition) is 1. The van der Waals surface area contributed by atoms with Crippen LogP contribution in [0.4, 0.5) is 0 Å². The van der Waals surface area contributed by atoms with Crippen LogP contribution in [0.1, 0.15) is 62.5 Å². The average molecular weight is 218 g/mol. The van der Waals surface area contributed by atoms with E-state index in [0.717, 1.165) is 12.0 Å². The number of fused-ring (bicyclic) bond motifs is 1. The molecule has 1 heteroatoms. The molecule has 0 unspecified atom stereocenters. The Morgan fingerprint density at radius 3 is 2.25 bits per heavy atom. The van der Waals surface area contributed by atoms with E-state index in [-0.39, 0.29) is 5.41 Å². The van der Waals surface area contributed by atoms with Crippen molar-refractivity contribution >= 4 is 5.78 Å². The van der Waals surface area contributed by atoms with Gasteiger partial charge in [0.25, 0.3) is 0 Å². The normalized spacial score (nSPS) is 14.2. The van der Waals surface area contributed by atoms with Gasteiger partial charge in [-0.05, 0) is 23.0 Å². The van der Waals surface area contributed by atoms with Crippen molar-refractivity contribution in [3.63, 3.8) is 0 Å². The highest BCUT2D eigenvalue weighted by atomic mass is 16.1. The van der Waals surface area contributed by atoms with Crippen LogP contribution in [0.5, 0.6) is 0 Å². The SMILES string of the molecule is CC.CC(C)(C)c1ccc2c(c1)CCC2=O. The van der Waals surface area contributed by atoms with Gasteiger partial charge in [-0.2, -0.15) is 0 Å². The Kier molecular flexibility index (Phi) is 3.90. The summed E-state index contributed by atoms with van der Waals surface area (Å²) in [6.45, 7) is 10.6. The van der Waals surface area contributed by atoms with Crippen LogP contribution in [0.3, 0.4) is 0 Å². The second-order valence-corrected chi connectivity index (χ2v) is 5.05. The fourth-order valence-electron chi connectivity index (χ4n) is 1.92. The first-order valence-corrected chi connectivity index (χ1v) is 6.15. The first-order valence-electron chi connectivity index (χ1n) is 6.15. The lowest BCUT2D eigenvalue weighted by molar-refractivity contribution is 0.0994. The fourth-order valence-corrected chi connectivity index (χ4v) is 1.92. The Morgan fingerprint density at radius 2 is 1.69 bits per heavy atom.